The van der Waals surface area contributed by atoms with Gasteiger partial charge in [-0.3, -0.25) is 14.9 Å². The number of methoxy groups -OCH3 is 1. The van der Waals surface area contributed by atoms with E-state index in [1.165, 1.54) is 0 Å². The molecule has 1 aromatic carbocycles. The van der Waals surface area contributed by atoms with Crippen molar-refractivity contribution < 1.29 is 19.2 Å². The standard InChI is InChI=1S/C16H21N3O5/c1-10-7-18(8-12(24-10)9-23-2)14-6-13-11(3-4-16(20)17-13)5-15(14)19(21)22/h5-6,10,12H,3-4,7-9H2,1-2H3,(H,17,20). The average Bonchev–Trinajstić information content (AvgIpc) is 2.53. The van der Waals surface area contributed by atoms with Crippen molar-refractivity contribution in [1.29, 1.82) is 0 Å². The largest absolute Gasteiger partial charge is 0.382 e. The highest BCUT2D eigenvalue weighted by Gasteiger charge is 2.31. The van der Waals surface area contributed by atoms with Gasteiger partial charge in [0.1, 0.15) is 5.69 Å². The number of carbonyl (C=O) groups is 1. The normalized spacial score (nSPS) is 23.6. The molecule has 0 saturated carbocycles. The van der Waals surface area contributed by atoms with Crippen molar-refractivity contribution >= 4 is 23.0 Å². The zero-order chi connectivity index (χ0) is 17.3. The third-order valence-electron chi connectivity index (χ3n) is 4.31. The molecule has 8 nitrogen and oxygen atoms in total. The molecule has 0 radical (unpaired) electrons. The third-order valence-corrected chi connectivity index (χ3v) is 4.31. The van der Waals surface area contributed by atoms with E-state index in [9.17, 15) is 14.9 Å². The molecule has 2 heterocycles. The molecule has 0 aromatic heterocycles. The molecule has 8 heteroatoms. The molecule has 130 valence electrons. The van der Waals surface area contributed by atoms with E-state index in [4.69, 9.17) is 9.47 Å². The molecule has 1 amide bonds. The summed E-state index contributed by atoms with van der Waals surface area (Å²) in [4.78, 5) is 24.7. The highest BCUT2D eigenvalue weighted by Crippen LogP contribution is 2.37. The zero-order valence-electron chi connectivity index (χ0n) is 13.8. The Morgan fingerprint density at radius 1 is 1.42 bits per heavy atom. The lowest BCUT2D eigenvalue weighted by Crippen LogP contribution is -2.48. The van der Waals surface area contributed by atoms with Gasteiger partial charge < -0.3 is 19.7 Å². The van der Waals surface area contributed by atoms with Crippen LogP contribution in [0.25, 0.3) is 0 Å². The Morgan fingerprint density at radius 2 is 2.21 bits per heavy atom. The summed E-state index contributed by atoms with van der Waals surface area (Å²) in [6, 6.07) is 3.29. The van der Waals surface area contributed by atoms with Gasteiger partial charge in [0.2, 0.25) is 5.91 Å². The molecule has 1 aromatic rings. The lowest BCUT2D eigenvalue weighted by atomic mass is 10.0. The number of nitrogens with one attached hydrogen (secondary N) is 1. The summed E-state index contributed by atoms with van der Waals surface area (Å²) in [5.74, 6) is -0.0603. The maximum absolute atomic E-state index is 11.6. The Kier molecular flexibility index (Phi) is 4.68. The smallest absolute Gasteiger partial charge is 0.292 e. The number of ether oxygens (including phenoxy) is 2. The summed E-state index contributed by atoms with van der Waals surface area (Å²) >= 11 is 0. The number of aryl methyl sites for hydroxylation is 1. The van der Waals surface area contributed by atoms with Crippen molar-refractivity contribution in [1.82, 2.24) is 0 Å². The van der Waals surface area contributed by atoms with Crippen LogP contribution in [0.4, 0.5) is 17.1 Å². The molecular formula is C16H21N3O5. The van der Waals surface area contributed by atoms with Crippen molar-refractivity contribution in [2.75, 3.05) is 37.0 Å². The van der Waals surface area contributed by atoms with Gasteiger partial charge >= 0.3 is 0 Å². The Bertz CT molecular complexity index is 663. The molecule has 2 aliphatic rings. The predicted molar refractivity (Wildman–Crippen MR) is 88.5 cm³/mol. The van der Waals surface area contributed by atoms with Crippen molar-refractivity contribution in [3.63, 3.8) is 0 Å². The van der Waals surface area contributed by atoms with Crippen LogP contribution in [0.2, 0.25) is 0 Å². The van der Waals surface area contributed by atoms with Crippen LogP contribution < -0.4 is 10.2 Å². The van der Waals surface area contributed by atoms with Crippen molar-refractivity contribution in [3.05, 3.63) is 27.8 Å². The number of carbonyl (C=O) groups excluding carboxylic acids is 1. The van der Waals surface area contributed by atoms with Crippen LogP contribution in [0, 0.1) is 10.1 Å². The van der Waals surface area contributed by atoms with Crippen LogP contribution in [0.15, 0.2) is 12.1 Å². The number of nitro groups is 1. The second-order valence-corrected chi connectivity index (χ2v) is 6.23. The number of benzene rings is 1. The van der Waals surface area contributed by atoms with E-state index < -0.39 is 0 Å². The lowest BCUT2D eigenvalue weighted by molar-refractivity contribution is -0.384. The van der Waals surface area contributed by atoms with Gasteiger partial charge in [0.15, 0.2) is 0 Å². The molecule has 24 heavy (non-hydrogen) atoms. The first-order valence-corrected chi connectivity index (χ1v) is 7.98. The van der Waals surface area contributed by atoms with E-state index in [0.717, 1.165) is 5.56 Å². The van der Waals surface area contributed by atoms with Crippen molar-refractivity contribution in [3.8, 4) is 0 Å². The minimum atomic E-state index is -0.364. The molecule has 1 fully saturated rings. The second kappa shape index (κ2) is 6.74. The average molecular weight is 335 g/mol. The first kappa shape index (κ1) is 16.7. The summed E-state index contributed by atoms with van der Waals surface area (Å²) in [7, 11) is 1.60. The fourth-order valence-corrected chi connectivity index (χ4v) is 3.32. The molecule has 2 unspecified atom stereocenters. The minimum Gasteiger partial charge on any atom is -0.382 e. The Balaban J connectivity index is 1.97. The maximum atomic E-state index is 11.6. The van der Waals surface area contributed by atoms with Gasteiger partial charge in [0.25, 0.3) is 5.69 Å². The summed E-state index contributed by atoms with van der Waals surface area (Å²) < 4.78 is 11.0. The molecule has 2 aliphatic heterocycles. The molecule has 3 rings (SSSR count). The number of nitrogens with zero attached hydrogens (tertiary/aromatic N) is 2. The second-order valence-electron chi connectivity index (χ2n) is 6.23. The lowest BCUT2D eigenvalue weighted by Gasteiger charge is -2.38. The molecule has 0 bridgehead atoms. The summed E-state index contributed by atoms with van der Waals surface area (Å²) in [5.41, 5.74) is 2.04. The van der Waals surface area contributed by atoms with E-state index in [-0.39, 0.29) is 28.7 Å². The number of fused-ring (bicyclic) bond motifs is 1. The molecule has 0 aliphatic carbocycles. The van der Waals surface area contributed by atoms with Crippen LogP contribution in [-0.4, -0.2) is 49.8 Å². The van der Waals surface area contributed by atoms with Gasteiger partial charge in [-0.25, -0.2) is 0 Å². The summed E-state index contributed by atoms with van der Waals surface area (Å²) in [5, 5.41) is 14.3. The third kappa shape index (κ3) is 3.34. The number of rotatable bonds is 4. The fraction of sp³-hybridized carbons (Fsp3) is 0.562. The number of hydrogen-bond acceptors (Lipinski definition) is 6. The highest BCUT2D eigenvalue weighted by molar-refractivity contribution is 5.95. The van der Waals surface area contributed by atoms with E-state index in [2.05, 4.69) is 5.32 Å². The molecule has 2 atom stereocenters. The summed E-state index contributed by atoms with van der Waals surface area (Å²) in [6.07, 6.45) is 0.662. The molecular weight excluding hydrogens is 314 g/mol. The predicted octanol–water partition coefficient (Wildman–Crippen LogP) is 1.72. The van der Waals surface area contributed by atoms with E-state index in [1.54, 1.807) is 19.2 Å². The van der Waals surface area contributed by atoms with Gasteiger partial charge in [0.05, 0.1) is 23.7 Å². The van der Waals surface area contributed by atoms with E-state index in [0.29, 0.717) is 43.9 Å². The first-order valence-electron chi connectivity index (χ1n) is 7.98. The SMILES string of the molecule is COCC1CN(c2cc3c(cc2[N+](=O)[O-])CCC(=O)N3)CC(C)O1. The van der Waals surface area contributed by atoms with E-state index >= 15 is 0 Å². The number of hydrogen-bond donors (Lipinski definition) is 1. The van der Waals surface area contributed by atoms with Crippen LogP contribution in [0.5, 0.6) is 0 Å². The number of anilines is 2. The summed E-state index contributed by atoms with van der Waals surface area (Å²) in [6.45, 7) is 3.41. The first-order chi connectivity index (χ1) is 11.5. The van der Waals surface area contributed by atoms with Crippen molar-refractivity contribution in [2.24, 2.45) is 0 Å². The number of nitro benzene ring substituents is 1. The molecule has 1 saturated heterocycles. The quantitative estimate of drug-likeness (QED) is 0.665. The Morgan fingerprint density at radius 3 is 2.92 bits per heavy atom. The minimum absolute atomic E-state index is 0.0603. The van der Waals surface area contributed by atoms with Crippen LogP contribution in [-0.2, 0) is 20.7 Å². The van der Waals surface area contributed by atoms with Crippen LogP contribution >= 0.6 is 0 Å². The molecule has 1 N–H and O–H groups in total. The van der Waals surface area contributed by atoms with Gasteiger partial charge in [-0.1, -0.05) is 0 Å². The van der Waals surface area contributed by atoms with E-state index in [1.807, 2.05) is 11.8 Å². The maximum Gasteiger partial charge on any atom is 0.292 e. The number of amides is 1. The Hall–Kier alpha value is -2.19. The fourth-order valence-electron chi connectivity index (χ4n) is 3.32. The van der Waals surface area contributed by atoms with Gasteiger partial charge in [-0.15, -0.1) is 0 Å². The van der Waals surface area contributed by atoms with Crippen molar-refractivity contribution in [2.45, 2.75) is 32.0 Å². The van der Waals surface area contributed by atoms with Gasteiger partial charge in [-0.2, -0.15) is 0 Å². The number of morpholine rings is 1. The van der Waals surface area contributed by atoms with Gasteiger partial charge in [-0.05, 0) is 25.0 Å². The molecule has 0 spiro atoms. The highest BCUT2D eigenvalue weighted by atomic mass is 16.6. The Labute approximate surface area is 139 Å². The monoisotopic (exact) mass is 335 g/mol. The van der Waals surface area contributed by atoms with Crippen LogP contribution in [0.1, 0.15) is 18.9 Å². The van der Waals surface area contributed by atoms with Gasteiger partial charge in [0, 0.05) is 38.4 Å². The van der Waals surface area contributed by atoms with Crippen LogP contribution in [0.3, 0.4) is 0 Å². The zero-order valence-corrected chi connectivity index (χ0v) is 13.8. The topological polar surface area (TPSA) is 93.9 Å².